The molecular formula is C59H72N4O10. The topological polar surface area (TPSA) is 178 Å². The first-order valence-corrected chi connectivity index (χ1v) is 24.1. The summed E-state index contributed by atoms with van der Waals surface area (Å²) in [5.74, 6) is -0.688. The van der Waals surface area contributed by atoms with Crippen LogP contribution in [0.1, 0.15) is 71.9 Å². The highest BCUT2D eigenvalue weighted by molar-refractivity contribution is 5.82. The predicted molar refractivity (Wildman–Crippen MR) is 287 cm³/mol. The average molecular weight is 997 g/mol. The van der Waals surface area contributed by atoms with Crippen LogP contribution < -0.4 is 9.64 Å². The van der Waals surface area contributed by atoms with Crippen molar-refractivity contribution in [2.24, 2.45) is 0 Å². The van der Waals surface area contributed by atoms with Gasteiger partial charge in [-0.15, -0.1) is 0 Å². The molecule has 0 saturated heterocycles. The normalized spacial score (nSPS) is 13.6. The minimum atomic E-state index is -0.577. The summed E-state index contributed by atoms with van der Waals surface area (Å²) in [4.78, 5) is 50.5. The van der Waals surface area contributed by atoms with Gasteiger partial charge in [0.2, 0.25) is 0 Å². The molecule has 0 aromatic heterocycles. The zero-order valence-corrected chi connectivity index (χ0v) is 43.4. The molecule has 73 heavy (non-hydrogen) atoms. The van der Waals surface area contributed by atoms with Gasteiger partial charge in [0.05, 0.1) is 42.1 Å². The lowest BCUT2D eigenvalue weighted by molar-refractivity contribution is -0.144. The molecule has 0 heterocycles. The third kappa shape index (κ3) is 21.9. The molecule has 0 aliphatic heterocycles. The first kappa shape index (κ1) is 61.2. The Morgan fingerprint density at radius 1 is 0.726 bits per heavy atom. The van der Waals surface area contributed by atoms with Gasteiger partial charge < -0.3 is 33.3 Å². The Morgan fingerprint density at radius 3 is 1.78 bits per heavy atom. The Kier molecular flexibility index (Phi) is 28.2. The van der Waals surface area contributed by atoms with Gasteiger partial charge in [0.25, 0.3) is 0 Å². The second-order valence-electron chi connectivity index (χ2n) is 16.7. The van der Waals surface area contributed by atoms with E-state index in [4.69, 9.17) is 28.4 Å². The number of hydrogen-bond acceptors (Lipinski definition) is 14. The van der Waals surface area contributed by atoms with E-state index in [1.165, 1.54) is 0 Å². The summed E-state index contributed by atoms with van der Waals surface area (Å²) in [6.07, 6.45) is 17.1. The van der Waals surface area contributed by atoms with E-state index in [-0.39, 0.29) is 51.5 Å². The third-order valence-corrected chi connectivity index (χ3v) is 11.8. The van der Waals surface area contributed by atoms with Crippen LogP contribution in [0.4, 0.5) is 5.69 Å². The van der Waals surface area contributed by atoms with Crippen molar-refractivity contribution < 1.29 is 47.6 Å². The van der Waals surface area contributed by atoms with Crippen LogP contribution in [0.15, 0.2) is 164 Å². The fraction of sp³-hybridized carbons (Fsp3) is 0.356. The molecule has 0 amide bonds. The van der Waals surface area contributed by atoms with E-state index in [0.29, 0.717) is 55.3 Å². The number of rotatable bonds is 34. The van der Waals surface area contributed by atoms with Crippen molar-refractivity contribution in [3.05, 3.63) is 175 Å². The minimum Gasteiger partial charge on any atom is -0.490 e. The Balaban J connectivity index is 2.17. The fourth-order valence-electron chi connectivity index (χ4n) is 7.14. The first-order valence-electron chi connectivity index (χ1n) is 24.1. The lowest BCUT2D eigenvalue weighted by Crippen LogP contribution is -2.38. The lowest BCUT2D eigenvalue weighted by atomic mass is 9.73. The zero-order valence-electron chi connectivity index (χ0n) is 43.4. The molecule has 2 aromatic rings. The number of nitriles is 2. The summed E-state index contributed by atoms with van der Waals surface area (Å²) in [6.45, 7) is 32.1. The van der Waals surface area contributed by atoms with Crippen LogP contribution in [0, 0.1) is 22.7 Å². The average Bonchev–Trinajstić information content (AvgIpc) is 3.40. The molecule has 14 heteroatoms. The number of allylic oxidation sites excluding steroid dienone is 8. The number of nitrogens with zero attached hydrogens (tertiary/aromatic N) is 4. The van der Waals surface area contributed by atoms with E-state index >= 15 is 0 Å². The quantitative estimate of drug-likeness (QED) is 0.0161. The highest BCUT2D eigenvalue weighted by atomic mass is 16.5. The number of ether oxygens (including phenoxy) is 6. The summed E-state index contributed by atoms with van der Waals surface area (Å²) in [7, 11) is 0. The molecular weight excluding hydrogens is 925 g/mol. The standard InChI is InChI=1S/C59H72N4O10/c1-12-47(21-19-44(8)62(31-35-68-55(64)14-3)32-36-69-56(65)15-4)40-50(42-61)46(10)73-45(9)20-24-51(13-2)59(11,18-7)52-25-29-54(30-26-52)72-43-49(41-60)39-48-22-27-53(28-23-48)63(33-37-70-57(66)16-5)34-38-71-58(67)17-6/h12-14,16-17,20-30,39-40,44,46H,1-3,5-6,15,18-19,31-38,43H2,4,7-11H3/b45-20+,47-21+,49-39+,50-40+,51-24+. The van der Waals surface area contributed by atoms with Gasteiger partial charge in [-0.2, -0.15) is 10.5 Å². The van der Waals surface area contributed by atoms with Crippen LogP contribution in [-0.4, -0.2) is 100 Å². The Bertz CT molecular complexity index is 2420. The van der Waals surface area contributed by atoms with Crippen LogP contribution >= 0.6 is 0 Å². The molecule has 0 fully saturated rings. The summed E-state index contributed by atoms with van der Waals surface area (Å²) < 4.78 is 33.1. The van der Waals surface area contributed by atoms with E-state index in [0.717, 1.165) is 52.6 Å². The van der Waals surface area contributed by atoms with Crippen molar-refractivity contribution in [2.75, 3.05) is 64.1 Å². The van der Waals surface area contributed by atoms with Gasteiger partial charge in [-0.1, -0.05) is 102 Å². The zero-order chi connectivity index (χ0) is 54.2. The van der Waals surface area contributed by atoms with Crippen LogP contribution in [-0.2, 0) is 48.3 Å². The van der Waals surface area contributed by atoms with Gasteiger partial charge in [0.15, 0.2) is 0 Å². The van der Waals surface area contributed by atoms with Crippen LogP contribution in [0.2, 0.25) is 0 Å². The van der Waals surface area contributed by atoms with Gasteiger partial charge in [-0.05, 0) is 98.4 Å². The molecule has 0 bridgehead atoms. The largest absolute Gasteiger partial charge is 0.490 e. The summed E-state index contributed by atoms with van der Waals surface area (Å²) in [5.41, 5.74) is 4.67. The van der Waals surface area contributed by atoms with Gasteiger partial charge >= 0.3 is 23.9 Å². The Labute approximate surface area is 432 Å². The van der Waals surface area contributed by atoms with Crippen molar-refractivity contribution in [1.82, 2.24) is 4.90 Å². The number of hydrogen-bond donors (Lipinski definition) is 0. The summed E-state index contributed by atoms with van der Waals surface area (Å²) in [5, 5.41) is 20.1. The van der Waals surface area contributed by atoms with Crippen molar-refractivity contribution in [1.29, 1.82) is 10.5 Å². The SMILES string of the molecule is C=CC(=O)OCCN(CCOC(=O)C=C)c1ccc(/C=C(\C#N)COc2ccc(C(C)(CC)/C(C=C)=C/C=C(\C)OC(C)/C(C#N)=C/C(C=C)=C/CC(C)N(CCOC(=O)C=C)CCOC(=O)CC)cc2)cc1. The fourth-order valence-corrected chi connectivity index (χ4v) is 7.14. The Morgan fingerprint density at radius 2 is 1.29 bits per heavy atom. The van der Waals surface area contributed by atoms with Crippen molar-refractivity contribution >= 4 is 35.6 Å². The third-order valence-electron chi connectivity index (χ3n) is 11.8. The summed E-state index contributed by atoms with van der Waals surface area (Å²) in [6, 6.07) is 19.7. The van der Waals surface area contributed by atoms with E-state index in [1.807, 2.05) is 98.5 Å². The maximum atomic E-state index is 11.7. The van der Waals surface area contributed by atoms with Crippen molar-refractivity contribution in [3.8, 4) is 17.9 Å². The Hall–Kier alpha value is -7.94. The van der Waals surface area contributed by atoms with Crippen LogP contribution in [0.5, 0.6) is 5.75 Å². The number of carbonyl (C=O) groups excluding carboxylic acids is 4. The number of anilines is 1. The summed E-state index contributed by atoms with van der Waals surface area (Å²) >= 11 is 0. The molecule has 2 rings (SSSR count). The number of benzene rings is 2. The molecule has 3 unspecified atom stereocenters. The molecule has 3 atom stereocenters. The minimum absolute atomic E-state index is 0.0314. The highest BCUT2D eigenvalue weighted by Crippen LogP contribution is 2.37. The van der Waals surface area contributed by atoms with Gasteiger partial charge in [-0.25, -0.2) is 14.4 Å². The van der Waals surface area contributed by atoms with Gasteiger partial charge in [0, 0.05) is 54.9 Å². The molecule has 0 saturated carbocycles. The van der Waals surface area contributed by atoms with E-state index in [9.17, 15) is 29.7 Å². The van der Waals surface area contributed by atoms with Gasteiger partial charge in [0.1, 0.15) is 44.9 Å². The monoisotopic (exact) mass is 997 g/mol. The van der Waals surface area contributed by atoms with Gasteiger partial charge in [-0.3, -0.25) is 9.69 Å². The highest BCUT2D eigenvalue weighted by Gasteiger charge is 2.27. The second kappa shape index (κ2) is 33.6. The smallest absolute Gasteiger partial charge is 0.330 e. The molecule has 0 aliphatic rings. The van der Waals surface area contributed by atoms with E-state index in [2.05, 4.69) is 63.8 Å². The maximum absolute atomic E-state index is 11.7. The van der Waals surface area contributed by atoms with E-state index in [1.54, 1.807) is 25.2 Å². The number of esters is 4. The molecule has 0 spiro atoms. The molecule has 388 valence electrons. The molecule has 0 radical (unpaired) electrons. The maximum Gasteiger partial charge on any atom is 0.330 e. The molecule has 0 aliphatic carbocycles. The second-order valence-corrected chi connectivity index (χ2v) is 16.7. The van der Waals surface area contributed by atoms with Crippen molar-refractivity contribution in [3.63, 3.8) is 0 Å². The van der Waals surface area contributed by atoms with Crippen molar-refractivity contribution in [2.45, 2.75) is 78.4 Å². The molecule has 0 N–H and O–H groups in total. The molecule has 14 nitrogen and oxygen atoms in total. The van der Waals surface area contributed by atoms with Crippen LogP contribution in [0.25, 0.3) is 6.08 Å². The number of carbonyl (C=O) groups is 4. The first-order chi connectivity index (χ1) is 35.0. The van der Waals surface area contributed by atoms with E-state index < -0.39 is 29.4 Å². The predicted octanol–water partition coefficient (Wildman–Crippen LogP) is 10.4. The lowest BCUT2D eigenvalue weighted by Gasteiger charge is -2.31. The molecule has 2 aromatic carbocycles. The van der Waals surface area contributed by atoms with Crippen LogP contribution in [0.3, 0.4) is 0 Å².